The Morgan fingerprint density at radius 3 is 2.47 bits per heavy atom. The largest absolute Gasteiger partial charge is 0.465 e. The first-order valence-electron chi connectivity index (χ1n) is 9.35. The molecule has 0 radical (unpaired) electrons. The van der Waals surface area contributed by atoms with Gasteiger partial charge < -0.3 is 9.47 Å². The fraction of sp³-hybridized carbons (Fsp3) is 0.130. The highest BCUT2D eigenvalue weighted by Gasteiger charge is 2.10. The molecule has 0 saturated carbocycles. The van der Waals surface area contributed by atoms with E-state index >= 15 is 0 Å². The van der Waals surface area contributed by atoms with Gasteiger partial charge in [0.25, 0.3) is 0 Å². The van der Waals surface area contributed by atoms with Crippen molar-refractivity contribution in [1.29, 1.82) is 0 Å². The van der Waals surface area contributed by atoms with Gasteiger partial charge in [0.1, 0.15) is 12.1 Å². The minimum Gasteiger partial charge on any atom is -0.465 e. The molecular weight excluding hydrogens is 382 g/mol. The van der Waals surface area contributed by atoms with E-state index in [2.05, 4.69) is 10.3 Å². The molecule has 0 saturated heterocycles. The van der Waals surface area contributed by atoms with Crippen LogP contribution in [0.25, 0.3) is 11.0 Å². The average molecular weight is 401 g/mol. The summed E-state index contributed by atoms with van der Waals surface area (Å²) in [5.74, 6) is -0.866. The van der Waals surface area contributed by atoms with Gasteiger partial charge in [-0.3, -0.25) is 0 Å². The van der Waals surface area contributed by atoms with Crippen LogP contribution in [0.2, 0.25) is 0 Å². The molecule has 0 aliphatic heterocycles. The van der Waals surface area contributed by atoms with Gasteiger partial charge in [0.2, 0.25) is 0 Å². The molecule has 7 nitrogen and oxygen atoms in total. The SMILES string of the molecule is COC(=O)c1cccc(COC(=O)c2ccc(Cn3nnc4ccccc43)cc2)c1. The third-order valence-corrected chi connectivity index (χ3v) is 4.66. The number of nitrogens with zero attached hydrogens (tertiary/aromatic N) is 3. The van der Waals surface area contributed by atoms with Crippen LogP contribution in [-0.4, -0.2) is 34.0 Å². The van der Waals surface area contributed by atoms with Gasteiger partial charge in [-0.1, -0.05) is 41.6 Å². The number of esters is 2. The second kappa shape index (κ2) is 8.57. The lowest BCUT2D eigenvalue weighted by atomic mass is 10.1. The van der Waals surface area contributed by atoms with Gasteiger partial charge >= 0.3 is 11.9 Å². The fourth-order valence-electron chi connectivity index (χ4n) is 3.09. The summed E-state index contributed by atoms with van der Waals surface area (Å²) in [6.07, 6.45) is 0. The zero-order chi connectivity index (χ0) is 20.9. The maximum atomic E-state index is 12.4. The van der Waals surface area contributed by atoms with E-state index in [0.717, 1.165) is 16.6 Å². The minimum absolute atomic E-state index is 0.0658. The first-order valence-corrected chi connectivity index (χ1v) is 9.35. The molecule has 1 aromatic heterocycles. The predicted octanol–water partition coefficient (Wildman–Crippen LogP) is 3.62. The molecule has 0 fully saturated rings. The lowest BCUT2D eigenvalue weighted by Crippen LogP contribution is -2.07. The summed E-state index contributed by atoms with van der Waals surface area (Å²) in [5, 5.41) is 8.32. The molecule has 0 spiro atoms. The highest BCUT2D eigenvalue weighted by atomic mass is 16.5. The van der Waals surface area contributed by atoms with Crippen molar-refractivity contribution in [2.75, 3.05) is 7.11 Å². The van der Waals surface area contributed by atoms with Crippen LogP contribution < -0.4 is 0 Å². The number of benzene rings is 3. The standard InChI is InChI=1S/C23H19N3O4/c1-29-22(27)19-6-4-5-17(13-19)15-30-23(28)18-11-9-16(10-12-18)14-26-21-8-3-2-7-20(21)24-25-26/h2-13H,14-15H2,1H3. The maximum Gasteiger partial charge on any atom is 0.338 e. The second-order valence-corrected chi connectivity index (χ2v) is 6.70. The number of carbonyl (C=O) groups is 2. The van der Waals surface area contributed by atoms with Gasteiger partial charge in [0.05, 0.1) is 30.3 Å². The number of para-hydroxylation sites is 1. The third-order valence-electron chi connectivity index (χ3n) is 4.66. The highest BCUT2D eigenvalue weighted by molar-refractivity contribution is 5.90. The van der Waals surface area contributed by atoms with Gasteiger partial charge in [-0.25, -0.2) is 14.3 Å². The van der Waals surface area contributed by atoms with E-state index in [9.17, 15) is 9.59 Å². The number of aromatic nitrogens is 3. The Hall–Kier alpha value is -4.00. The van der Waals surface area contributed by atoms with E-state index in [-0.39, 0.29) is 6.61 Å². The van der Waals surface area contributed by atoms with Crippen molar-refractivity contribution >= 4 is 23.0 Å². The topological polar surface area (TPSA) is 83.3 Å². The molecule has 4 rings (SSSR count). The predicted molar refractivity (Wildman–Crippen MR) is 110 cm³/mol. The normalized spacial score (nSPS) is 10.7. The van der Waals surface area contributed by atoms with Gasteiger partial charge in [-0.2, -0.15) is 0 Å². The molecule has 0 aliphatic rings. The molecule has 0 bridgehead atoms. The summed E-state index contributed by atoms with van der Waals surface area (Å²) in [6.45, 7) is 0.618. The Morgan fingerprint density at radius 1 is 0.867 bits per heavy atom. The van der Waals surface area contributed by atoms with Crippen molar-refractivity contribution < 1.29 is 19.1 Å². The molecule has 150 valence electrons. The van der Waals surface area contributed by atoms with E-state index in [0.29, 0.717) is 23.2 Å². The number of methoxy groups -OCH3 is 1. The zero-order valence-electron chi connectivity index (χ0n) is 16.3. The third kappa shape index (κ3) is 4.20. The zero-order valence-corrected chi connectivity index (χ0v) is 16.3. The van der Waals surface area contributed by atoms with Crippen molar-refractivity contribution in [3.8, 4) is 0 Å². The number of carbonyl (C=O) groups excluding carboxylic acids is 2. The summed E-state index contributed by atoms with van der Waals surface area (Å²) < 4.78 is 11.9. The van der Waals surface area contributed by atoms with Crippen molar-refractivity contribution in [3.63, 3.8) is 0 Å². The number of hydrogen-bond acceptors (Lipinski definition) is 6. The molecule has 0 unspecified atom stereocenters. The molecule has 0 atom stereocenters. The molecule has 0 aliphatic carbocycles. The van der Waals surface area contributed by atoms with Crippen LogP contribution in [0.4, 0.5) is 0 Å². The summed E-state index contributed by atoms with van der Waals surface area (Å²) in [4.78, 5) is 24.0. The van der Waals surface area contributed by atoms with Crippen LogP contribution in [0.3, 0.4) is 0 Å². The molecule has 0 amide bonds. The van der Waals surface area contributed by atoms with Crippen molar-refractivity contribution in [1.82, 2.24) is 15.0 Å². The second-order valence-electron chi connectivity index (χ2n) is 6.70. The van der Waals surface area contributed by atoms with Crippen molar-refractivity contribution in [3.05, 3.63) is 95.1 Å². The van der Waals surface area contributed by atoms with Crippen LogP contribution in [0, 0.1) is 0 Å². The van der Waals surface area contributed by atoms with E-state index in [1.165, 1.54) is 7.11 Å². The van der Waals surface area contributed by atoms with E-state index < -0.39 is 11.9 Å². The lowest BCUT2D eigenvalue weighted by molar-refractivity contribution is 0.0472. The van der Waals surface area contributed by atoms with Gasteiger partial charge in [-0.15, -0.1) is 5.10 Å². The van der Waals surface area contributed by atoms with Crippen LogP contribution in [0.5, 0.6) is 0 Å². The summed E-state index contributed by atoms with van der Waals surface area (Å²) >= 11 is 0. The molecule has 7 heteroatoms. The Labute approximate surface area is 172 Å². The molecule has 3 aromatic carbocycles. The number of hydrogen-bond donors (Lipinski definition) is 0. The van der Waals surface area contributed by atoms with E-state index in [4.69, 9.17) is 9.47 Å². The number of rotatable bonds is 6. The van der Waals surface area contributed by atoms with Gasteiger partial charge in [-0.05, 0) is 47.5 Å². The molecule has 30 heavy (non-hydrogen) atoms. The van der Waals surface area contributed by atoms with Gasteiger partial charge in [0.15, 0.2) is 0 Å². The van der Waals surface area contributed by atoms with Crippen molar-refractivity contribution in [2.45, 2.75) is 13.2 Å². The van der Waals surface area contributed by atoms with E-state index in [1.807, 2.05) is 41.1 Å². The minimum atomic E-state index is -0.434. The lowest BCUT2D eigenvalue weighted by Gasteiger charge is -2.07. The van der Waals surface area contributed by atoms with Gasteiger partial charge in [0, 0.05) is 0 Å². The maximum absolute atomic E-state index is 12.4. The van der Waals surface area contributed by atoms with E-state index in [1.54, 1.807) is 36.4 Å². The van der Waals surface area contributed by atoms with Crippen LogP contribution >= 0.6 is 0 Å². The first kappa shape index (κ1) is 19.3. The molecule has 0 N–H and O–H groups in total. The number of fused-ring (bicyclic) bond motifs is 1. The first-order chi connectivity index (χ1) is 14.6. The molecule has 4 aromatic rings. The highest BCUT2D eigenvalue weighted by Crippen LogP contribution is 2.14. The Kier molecular flexibility index (Phi) is 5.52. The Balaban J connectivity index is 1.39. The fourth-order valence-corrected chi connectivity index (χ4v) is 3.09. The summed E-state index contributed by atoms with van der Waals surface area (Å²) in [5.41, 5.74) is 4.36. The van der Waals surface area contributed by atoms with Crippen LogP contribution in [-0.2, 0) is 22.6 Å². The van der Waals surface area contributed by atoms with Crippen LogP contribution in [0.1, 0.15) is 31.8 Å². The quantitative estimate of drug-likeness (QED) is 0.459. The monoisotopic (exact) mass is 401 g/mol. The average Bonchev–Trinajstić information content (AvgIpc) is 3.20. The molecule has 1 heterocycles. The Morgan fingerprint density at radius 2 is 1.67 bits per heavy atom. The Bertz CT molecular complexity index is 1200. The summed E-state index contributed by atoms with van der Waals surface area (Å²) in [6, 6.07) is 21.7. The number of ether oxygens (including phenoxy) is 2. The smallest absolute Gasteiger partial charge is 0.338 e. The summed E-state index contributed by atoms with van der Waals surface area (Å²) in [7, 11) is 1.32. The molecular formula is C23H19N3O4. The van der Waals surface area contributed by atoms with Crippen molar-refractivity contribution in [2.24, 2.45) is 0 Å². The van der Waals surface area contributed by atoms with Crippen LogP contribution in [0.15, 0.2) is 72.8 Å².